The third-order valence-corrected chi connectivity index (χ3v) is 3.54. The van der Waals surface area contributed by atoms with Crippen LogP contribution in [0.25, 0.3) is 6.08 Å². The zero-order valence-electron chi connectivity index (χ0n) is 12.3. The van der Waals surface area contributed by atoms with Crippen LogP contribution >= 0.6 is 0 Å². The second kappa shape index (κ2) is 5.69. The Labute approximate surface area is 128 Å². The minimum absolute atomic E-state index is 0.172. The Balaban J connectivity index is 2.34. The van der Waals surface area contributed by atoms with E-state index in [0.717, 1.165) is 5.56 Å². The van der Waals surface area contributed by atoms with Gasteiger partial charge in [0.25, 0.3) is 0 Å². The van der Waals surface area contributed by atoms with Gasteiger partial charge in [-0.2, -0.15) is 0 Å². The highest BCUT2D eigenvalue weighted by atomic mass is 16.1. The Kier molecular flexibility index (Phi) is 3.94. The molecule has 6 heteroatoms. The van der Waals surface area contributed by atoms with Gasteiger partial charge in [0.1, 0.15) is 0 Å². The largest absolute Gasteiger partial charge is 0.397 e. The third kappa shape index (κ3) is 2.67. The fourth-order valence-electron chi connectivity index (χ4n) is 2.03. The number of ketones is 1. The molecular weight excluding hydrogens is 278 g/mol. The van der Waals surface area contributed by atoms with Crippen molar-refractivity contribution in [1.82, 2.24) is 0 Å². The number of benzene rings is 2. The van der Waals surface area contributed by atoms with Crippen molar-refractivity contribution in [2.75, 3.05) is 28.7 Å². The van der Waals surface area contributed by atoms with Gasteiger partial charge >= 0.3 is 0 Å². The van der Waals surface area contributed by atoms with Crippen molar-refractivity contribution in [1.29, 1.82) is 0 Å². The Morgan fingerprint density at radius 3 is 2.23 bits per heavy atom. The molecule has 0 radical (unpaired) electrons. The molecule has 114 valence electrons. The van der Waals surface area contributed by atoms with Crippen molar-refractivity contribution in [2.24, 2.45) is 0 Å². The SMILES string of the molecule is Cc1ccc(/C=C/C(=O)c2ccc(N)c(N)c2N)c(N)c1N. The summed E-state index contributed by atoms with van der Waals surface area (Å²) in [5, 5.41) is 0. The molecule has 2 rings (SSSR count). The van der Waals surface area contributed by atoms with Crippen molar-refractivity contribution in [3.63, 3.8) is 0 Å². The second-order valence-corrected chi connectivity index (χ2v) is 5.03. The Hall–Kier alpha value is -3.15. The average molecular weight is 297 g/mol. The monoisotopic (exact) mass is 297 g/mol. The van der Waals surface area contributed by atoms with E-state index in [9.17, 15) is 4.79 Å². The van der Waals surface area contributed by atoms with Crippen LogP contribution < -0.4 is 28.7 Å². The zero-order chi connectivity index (χ0) is 16.4. The molecule has 10 N–H and O–H groups in total. The lowest BCUT2D eigenvalue weighted by atomic mass is 10.0. The summed E-state index contributed by atoms with van der Waals surface area (Å²) in [7, 11) is 0. The molecule has 22 heavy (non-hydrogen) atoms. The molecule has 0 fully saturated rings. The highest BCUT2D eigenvalue weighted by Gasteiger charge is 2.11. The first-order valence-electron chi connectivity index (χ1n) is 6.63. The number of rotatable bonds is 3. The molecule has 2 aromatic rings. The molecule has 0 heterocycles. The number of nitrogens with two attached hydrogens (primary N) is 5. The maximum Gasteiger partial charge on any atom is 0.188 e. The van der Waals surface area contributed by atoms with Gasteiger partial charge in [-0.3, -0.25) is 4.79 Å². The van der Waals surface area contributed by atoms with E-state index in [1.807, 2.05) is 13.0 Å². The number of nitrogen functional groups attached to an aromatic ring is 5. The van der Waals surface area contributed by atoms with Gasteiger partial charge in [0, 0.05) is 5.56 Å². The van der Waals surface area contributed by atoms with E-state index in [4.69, 9.17) is 28.7 Å². The quantitative estimate of drug-likeness (QED) is 0.331. The minimum atomic E-state index is -0.289. The molecule has 0 atom stereocenters. The van der Waals surface area contributed by atoms with Gasteiger partial charge in [-0.15, -0.1) is 0 Å². The zero-order valence-corrected chi connectivity index (χ0v) is 12.3. The molecule has 0 saturated heterocycles. The molecule has 0 saturated carbocycles. The molecule has 0 spiro atoms. The predicted molar refractivity (Wildman–Crippen MR) is 93.0 cm³/mol. The number of carbonyl (C=O) groups excluding carboxylic acids is 1. The summed E-state index contributed by atoms with van der Waals surface area (Å²) >= 11 is 0. The summed E-state index contributed by atoms with van der Waals surface area (Å²) in [6.45, 7) is 1.86. The summed E-state index contributed by atoms with van der Waals surface area (Å²) in [4.78, 5) is 12.2. The van der Waals surface area contributed by atoms with Crippen molar-refractivity contribution in [2.45, 2.75) is 6.92 Å². The van der Waals surface area contributed by atoms with Crippen molar-refractivity contribution in [3.8, 4) is 0 Å². The molecule has 0 amide bonds. The van der Waals surface area contributed by atoms with E-state index in [-0.39, 0.29) is 17.2 Å². The first-order chi connectivity index (χ1) is 10.3. The highest BCUT2D eigenvalue weighted by Crippen LogP contribution is 2.28. The lowest BCUT2D eigenvalue weighted by Crippen LogP contribution is -2.07. The lowest BCUT2D eigenvalue weighted by molar-refractivity contribution is 0.104. The van der Waals surface area contributed by atoms with Crippen LogP contribution in [0.1, 0.15) is 21.5 Å². The molecule has 0 aliphatic heterocycles. The highest BCUT2D eigenvalue weighted by molar-refractivity contribution is 6.12. The summed E-state index contributed by atoms with van der Waals surface area (Å²) in [5.41, 5.74) is 32.5. The molecule has 2 aromatic carbocycles. The van der Waals surface area contributed by atoms with Gasteiger partial charge in [-0.1, -0.05) is 12.1 Å². The Morgan fingerprint density at radius 1 is 0.864 bits per heavy atom. The Bertz CT molecular complexity index is 781. The first-order valence-corrected chi connectivity index (χ1v) is 6.63. The van der Waals surface area contributed by atoms with Gasteiger partial charge in [0.15, 0.2) is 5.78 Å². The fourth-order valence-corrected chi connectivity index (χ4v) is 2.03. The van der Waals surface area contributed by atoms with Crippen LogP contribution in [0, 0.1) is 6.92 Å². The van der Waals surface area contributed by atoms with Crippen molar-refractivity contribution in [3.05, 3.63) is 47.0 Å². The van der Waals surface area contributed by atoms with Crippen LogP contribution in [0.3, 0.4) is 0 Å². The summed E-state index contributed by atoms with van der Waals surface area (Å²) < 4.78 is 0. The topological polar surface area (TPSA) is 147 Å². The summed E-state index contributed by atoms with van der Waals surface area (Å²) in [6, 6.07) is 6.72. The van der Waals surface area contributed by atoms with Crippen LogP contribution in [-0.2, 0) is 0 Å². The standard InChI is InChI=1S/C16H19N5O/c1-8-2-3-9(14(19)13(8)18)4-7-12(22)10-5-6-11(17)16(21)15(10)20/h2-7H,17-21H2,1H3/b7-4+. The van der Waals surface area contributed by atoms with E-state index in [1.54, 1.807) is 24.3 Å². The molecule has 0 aromatic heterocycles. The van der Waals surface area contributed by atoms with Crippen LogP contribution in [0.5, 0.6) is 0 Å². The Morgan fingerprint density at radius 2 is 1.55 bits per heavy atom. The van der Waals surface area contributed by atoms with Gasteiger partial charge in [-0.25, -0.2) is 0 Å². The smallest absolute Gasteiger partial charge is 0.188 e. The first kappa shape index (κ1) is 15.2. The van der Waals surface area contributed by atoms with Gasteiger partial charge in [0.2, 0.25) is 0 Å². The van der Waals surface area contributed by atoms with E-state index in [1.165, 1.54) is 6.08 Å². The molecule has 6 nitrogen and oxygen atoms in total. The fraction of sp³-hybridized carbons (Fsp3) is 0.0625. The van der Waals surface area contributed by atoms with Gasteiger partial charge in [-0.05, 0) is 42.3 Å². The third-order valence-electron chi connectivity index (χ3n) is 3.54. The minimum Gasteiger partial charge on any atom is -0.397 e. The summed E-state index contributed by atoms with van der Waals surface area (Å²) in [6.07, 6.45) is 2.97. The lowest BCUT2D eigenvalue weighted by Gasteiger charge is -2.09. The molecule has 0 unspecified atom stereocenters. The maximum atomic E-state index is 12.2. The number of aryl methyl sites for hydroxylation is 1. The molecule has 0 aliphatic rings. The maximum absolute atomic E-state index is 12.2. The average Bonchev–Trinajstić information content (AvgIpc) is 2.49. The van der Waals surface area contributed by atoms with E-state index >= 15 is 0 Å². The number of carbonyl (C=O) groups is 1. The normalized spacial score (nSPS) is 11.0. The van der Waals surface area contributed by atoms with E-state index in [2.05, 4.69) is 0 Å². The molecular formula is C16H19N5O. The predicted octanol–water partition coefficient (Wildman–Crippen LogP) is 1.80. The second-order valence-electron chi connectivity index (χ2n) is 5.03. The van der Waals surface area contributed by atoms with Gasteiger partial charge in [0.05, 0.1) is 28.4 Å². The van der Waals surface area contributed by atoms with Crippen LogP contribution in [-0.4, -0.2) is 5.78 Å². The van der Waals surface area contributed by atoms with E-state index < -0.39 is 0 Å². The molecule has 0 aliphatic carbocycles. The number of allylic oxidation sites excluding steroid dienone is 1. The van der Waals surface area contributed by atoms with Crippen LogP contribution in [0.15, 0.2) is 30.3 Å². The van der Waals surface area contributed by atoms with E-state index in [0.29, 0.717) is 28.2 Å². The number of anilines is 5. The molecule has 0 bridgehead atoms. The number of hydrogen-bond acceptors (Lipinski definition) is 6. The summed E-state index contributed by atoms with van der Waals surface area (Å²) in [5.74, 6) is -0.289. The van der Waals surface area contributed by atoms with Crippen molar-refractivity contribution >= 4 is 40.3 Å². The number of hydrogen-bond donors (Lipinski definition) is 5. The van der Waals surface area contributed by atoms with Crippen LogP contribution in [0.2, 0.25) is 0 Å². The van der Waals surface area contributed by atoms with Crippen molar-refractivity contribution < 1.29 is 4.79 Å². The van der Waals surface area contributed by atoms with Gasteiger partial charge < -0.3 is 28.7 Å². The van der Waals surface area contributed by atoms with Crippen LogP contribution in [0.4, 0.5) is 28.4 Å².